The first-order chi connectivity index (χ1) is 12.6. The molecule has 6 heteroatoms. The summed E-state index contributed by atoms with van der Waals surface area (Å²) in [5.74, 6) is -0.507. The van der Waals surface area contributed by atoms with Crippen LogP contribution in [0.2, 0.25) is 0 Å². The fourth-order valence-corrected chi connectivity index (χ4v) is 2.84. The number of hydrogen-bond donors (Lipinski definition) is 0. The Morgan fingerprint density at radius 3 is 2.77 bits per heavy atom. The molecule has 0 fully saturated rings. The van der Waals surface area contributed by atoms with Gasteiger partial charge in [-0.3, -0.25) is 14.2 Å². The maximum atomic E-state index is 12.6. The molecule has 26 heavy (non-hydrogen) atoms. The molecule has 0 amide bonds. The smallest absolute Gasteiger partial charge is 0.326 e. The van der Waals surface area contributed by atoms with E-state index in [0.29, 0.717) is 11.1 Å². The number of carbonyl (C=O) groups excluding carboxylic acids is 1. The molecule has 0 bridgehead atoms. The van der Waals surface area contributed by atoms with Crippen LogP contribution in [0, 0.1) is 6.92 Å². The van der Waals surface area contributed by atoms with Gasteiger partial charge in [0, 0.05) is 5.39 Å². The highest BCUT2D eigenvalue weighted by Gasteiger charge is 2.15. The van der Waals surface area contributed by atoms with Gasteiger partial charge in [-0.05, 0) is 30.2 Å². The molecule has 0 aliphatic carbocycles. The molecular formula is C20H16N2O4. The van der Waals surface area contributed by atoms with Crippen LogP contribution >= 0.6 is 0 Å². The number of hydrogen-bond acceptors (Lipinski definition) is 5. The van der Waals surface area contributed by atoms with Crippen LogP contribution in [-0.2, 0) is 22.7 Å². The zero-order valence-electron chi connectivity index (χ0n) is 14.1. The number of ether oxygens (including phenoxy) is 1. The standard InChI is InChI=1S/C20H16N2O4/c1-13-6-2-3-7-14(13)11-25-17(23)10-22-12-21-18-15-8-4-5-9-16(15)26-19(18)20(22)24/h2-9,12H,10-11H2,1H3. The van der Waals surface area contributed by atoms with E-state index in [9.17, 15) is 9.59 Å². The molecule has 6 nitrogen and oxygen atoms in total. The number of esters is 1. The highest BCUT2D eigenvalue weighted by Crippen LogP contribution is 2.24. The lowest BCUT2D eigenvalue weighted by Crippen LogP contribution is -2.25. The van der Waals surface area contributed by atoms with Crippen molar-refractivity contribution >= 4 is 28.0 Å². The highest BCUT2D eigenvalue weighted by molar-refractivity contribution is 6.01. The van der Waals surface area contributed by atoms with Gasteiger partial charge < -0.3 is 9.15 Å². The summed E-state index contributed by atoms with van der Waals surface area (Å²) in [4.78, 5) is 29.0. The average Bonchev–Trinajstić information content (AvgIpc) is 3.03. The van der Waals surface area contributed by atoms with Crippen LogP contribution in [0.1, 0.15) is 11.1 Å². The van der Waals surface area contributed by atoms with Gasteiger partial charge in [-0.25, -0.2) is 4.98 Å². The molecule has 4 rings (SSSR count). The summed E-state index contributed by atoms with van der Waals surface area (Å²) in [6, 6.07) is 15.0. The largest absolute Gasteiger partial charge is 0.459 e. The maximum Gasteiger partial charge on any atom is 0.326 e. The molecule has 0 unspecified atom stereocenters. The molecule has 2 heterocycles. The Morgan fingerprint density at radius 1 is 1.15 bits per heavy atom. The highest BCUT2D eigenvalue weighted by atomic mass is 16.5. The molecule has 0 saturated heterocycles. The zero-order valence-corrected chi connectivity index (χ0v) is 14.1. The normalized spacial score (nSPS) is 11.1. The Balaban J connectivity index is 1.56. The van der Waals surface area contributed by atoms with Crippen molar-refractivity contribution in [2.75, 3.05) is 0 Å². The van der Waals surface area contributed by atoms with Gasteiger partial charge in [0.25, 0.3) is 5.56 Å². The molecule has 0 aliphatic heterocycles. The Kier molecular flexibility index (Phi) is 4.01. The van der Waals surface area contributed by atoms with Gasteiger partial charge >= 0.3 is 5.97 Å². The first-order valence-corrected chi connectivity index (χ1v) is 8.20. The Bertz CT molecular complexity index is 1170. The third-order valence-electron chi connectivity index (χ3n) is 4.30. The molecule has 0 N–H and O–H groups in total. The maximum absolute atomic E-state index is 12.6. The molecule has 2 aromatic heterocycles. The number of rotatable bonds is 4. The third kappa shape index (κ3) is 2.86. The van der Waals surface area contributed by atoms with Crippen molar-refractivity contribution < 1.29 is 13.9 Å². The van der Waals surface area contributed by atoms with E-state index >= 15 is 0 Å². The fraction of sp³-hybridized carbons (Fsp3) is 0.150. The summed E-state index contributed by atoms with van der Waals surface area (Å²) in [5, 5.41) is 0.772. The molecule has 0 aliphatic rings. The van der Waals surface area contributed by atoms with Crippen LogP contribution in [0.3, 0.4) is 0 Å². The van der Waals surface area contributed by atoms with Crippen LogP contribution in [0.4, 0.5) is 0 Å². The number of furan rings is 1. The van der Waals surface area contributed by atoms with Gasteiger partial charge in [-0.15, -0.1) is 0 Å². The van der Waals surface area contributed by atoms with Crippen LogP contribution in [-0.4, -0.2) is 15.5 Å². The summed E-state index contributed by atoms with van der Waals surface area (Å²) in [6.07, 6.45) is 1.35. The van der Waals surface area contributed by atoms with Crippen molar-refractivity contribution in [3.8, 4) is 0 Å². The van der Waals surface area contributed by atoms with Gasteiger partial charge in [0.05, 0.1) is 6.33 Å². The number of aryl methyl sites for hydroxylation is 1. The number of benzene rings is 2. The van der Waals surface area contributed by atoms with E-state index in [1.807, 2.05) is 49.4 Å². The average molecular weight is 348 g/mol. The number of aromatic nitrogens is 2. The Morgan fingerprint density at radius 2 is 1.92 bits per heavy atom. The van der Waals surface area contributed by atoms with Crippen LogP contribution < -0.4 is 5.56 Å². The quantitative estimate of drug-likeness (QED) is 0.530. The second kappa shape index (κ2) is 6.48. The predicted octanol–water partition coefficient (Wildman–Crippen LogP) is 3.19. The minimum Gasteiger partial charge on any atom is -0.459 e. The first kappa shape index (κ1) is 16.1. The molecule has 0 saturated carbocycles. The second-order valence-corrected chi connectivity index (χ2v) is 6.04. The minimum atomic E-state index is -0.507. The summed E-state index contributed by atoms with van der Waals surface area (Å²) in [5.41, 5.74) is 2.79. The van der Waals surface area contributed by atoms with Crippen LogP contribution in [0.15, 0.2) is 64.1 Å². The topological polar surface area (TPSA) is 74.3 Å². The van der Waals surface area contributed by atoms with Crippen molar-refractivity contribution in [3.63, 3.8) is 0 Å². The van der Waals surface area contributed by atoms with Crippen molar-refractivity contribution in [2.45, 2.75) is 20.1 Å². The van der Waals surface area contributed by atoms with E-state index in [1.54, 1.807) is 6.07 Å². The van der Waals surface area contributed by atoms with E-state index in [0.717, 1.165) is 16.5 Å². The first-order valence-electron chi connectivity index (χ1n) is 8.20. The zero-order chi connectivity index (χ0) is 18.1. The number of para-hydroxylation sites is 1. The van der Waals surface area contributed by atoms with Gasteiger partial charge in [-0.2, -0.15) is 0 Å². The molecule has 2 aromatic carbocycles. The van der Waals surface area contributed by atoms with Gasteiger partial charge in [0.1, 0.15) is 24.3 Å². The lowest BCUT2D eigenvalue weighted by molar-refractivity contribution is -0.145. The number of nitrogens with zero attached hydrogens (tertiary/aromatic N) is 2. The van der Waals surface area contributed by atoms with Gasteiger partial charge in [0.15, 0.2) is 0 Å². The van der Waals surface area contributed by atoms with E-state index < -0.39 is 11.5 Å². The van der Waals surface area contributed by atoms with Crippen LogP contribution in [0.5, 0.6) is 0 Å². The fourth-order valence-electron chi connectivity index (χ4n) is 2.84. The molecular weight excluding hydrogens is 332 g/mol. The van der Waals surface area contributed by atoms with E-state index in [2.05, 4.69) is 4.98 Å². The van der Waals surface area contributed by atoms with Gasteiger partial charge in [0.2, 0.25) is 5.58 Å². The van der Waals surface area contributed by atoms with Crippen molar-refractivity contribution in [2.24, 2.45) is 0 Å². The Labute approximate surface area is 148 Å². The molecule has 0 spiro atoms. The Hall–Kier alpha value is -3.41. The summed E-state index contributed by atoms with van der Waals surface area (Å²) in [7, 11) is 0. The SMILES string of the molecule is Cc1ccccc1COC(=O)Cn1cnc2c(oc3ccccc32)c1=O. The molecule has 4 aromatic rings. The molecule has 0 radical (unpaired) electrons. The number of fused-ring (bicyclic) bond motifs is 3. The number of carbonyl (C=O) groups is 1. The molecule has 0 atom stereocenters. The second-order valence-electron chi connectivity index (χ2n) is 6.04. The van der Waals surface area contributed by atoms with Gasteiger partial charge in [-0.1, -0.05) is 36.4 Å². The monoisotopic (exact) mass is 348 g/mol. The predicted molar refractivity (Wildman–Crippen MR) is 96.8 cm³/mol. The lowest BCUT2D eigenvalue weighted by atomic mass is 10.1. The lowest BCUT2D eigenvalue weighted by Gasteiger charge is -2.08. The summed E-state index contributed by atoms with van der Waals surface area (Å²) < 4.78 is 12.1. The van der Waals surface area contributed by atoms with Crippen molar-refractivity contribution in [3.05, 3.63) is 76.3 Å². The minimum absolute atomic E-state index is 0.139. The van der Waals surface area contributed by atoms with E-state index in [4.69, 9.17) is 9.15 Å². The van der Waals surface area contributed by atoms with Crippen molar-refractivity contribution in [1.82, 2.24) is 9.55 Å². The van der Waals surface area contributed by atoms with E-state index in [1.165, 1.54) is 10.9 Å². The molecule has 130 valence electrons. The van der Waals surface area contributed by atoms with E-state index in [-0.39, 0.29) is 18.7 Å². The third-order valence-corrected chi connectivity index (χ3v) is 4.30. The summed E-state index contributed by atoms with van der Waals surface area (Å²) >= 11 is 0. The van der Waals surface area contributed by atoms with Crippen LogP contribution in [0.25, 0.3) is 22.1 Å². The summed E-state index contributed by atoms with van der Waals surface area (Å²) in [6.45, 7) is 1.90. The van der Waals surface area contributed by atoms with Crippen molar-refractivity contribution in [1.29, 1.82) is 0 Å².